The zero-order chi connectivity index (χ0) is 16.2. The van der Waals surface area contributed by atoms with Gasteiger partial charge in [-0.25, -0.2) is 27.1 Å². The number of primary amides is 1. The van der Waals surface area contributed by atoms with Gasteiger partial charge in [0.15, 0.2) is 0 Å². The first-order valence-electron chi connectivity index (χ1n) is 5.71. The Labute approximate surface area is 120 Å². The molecule has 0 saturated carbocycles. The number of urea groups is 1. The normalized spacial score (nSPS) is 11.1. The Kier molecular flexibility index (Phi) is 5.22. The number of aromatic carboxylic acids is 1. The number of nitrogens with two attached hydrogens (primary N) is 1. The van der Waals surface area contributed by atoms with Crippen LogP contribution in [-0.2, 0) is 10.0 Å². The first-order chi connectivity index (χ1) is 9.65. The van der Waals surface area contributed by atoms with Gasteiger partial charge in [0.2, 0.25) is 10.0 Å². The zero-order valence-electron chi connectivity index (χ0n) is 11.0. The summed E-state index contributed by atoms with van der Waals surface area (Å²) >= 11 is 0. The predicted octanol–water partition coefficient (Wildman–Crippen LogP) is -0.221. The quantitative estimate of drug-likeness (QED) is 0.537. The van der Waals surface area contributed by atoms with Gasteiger partial charge in [0.1, 0.15) is 5.82 Å². The van der Waals surface area contributed by atoms with Gasteiger partial charge >= 0.3 is 12.0 Å². The third kappa shape index (κ3) is 4.39. The second-order valence-electron chi connectivity index (χ2n) is 4.10. The van der Waals surface area contributed by atoms with Gasteiger partial charge in [-0.05, 0) is 24.6 Å². The van der Waals surface area contributed by atoms with Gasteiger partial charge < -0.3 is 16.2 Å². The van der Waals surface area contributed by atoms with Gasteiger partial charge in [-0.3, -0.25) is 0 Å². The first-order valence-corrected chi connectivity index (χ1v) is 7.20. The van der Waals surface area contributed by atoms with Gasteiger partial charge in [-0.15, -0.1) is 0 Å². The molecule has 1 aromatic rings. The summed E-state index contributed by atoms with van der Waals surface area (Å²) in [6.07, 6.45) is 0. The summed E-state index contributed by atoms with van der Waals surface area (Å²) in [6.45, 7) is 1.07. The maximum atomic E-state index is 13.6. The number of rotatable bonds is 6. The van der Waals surface area contributed by atoms with E-state index in [4.69, 9.17) is 10.8 Å². The summed E-state index contributed by atoms with van der Waals surface area (Å²) < 4.78 is 39.6. The van der Waals surface area contributed by atoms with E-state index in [0.29, 0.717) is 0 Å². The van der Waals surface area contributed by atoms with Crippen molar-refractivity contribution in [3.63, 3.8) is 0 Å². The lowest BCUT2D eigenvalue weighted by Crippen LogP contribution is -2.37. The Morgan fingerprint density at radius 3 is 2.48 bits per heavy atom. The van der Waals surface area contributed by atoms with Crippen LogP contribution in [0, 0.1) is 12.7 Å². The van der Waals surface area contributed by atoms with Crippen molar-refractivity contribution in [2.24, 2.45) is 5.73 Å². The van der Waals surface area contributed by atoms with Crippen LogP contribution in [0.2, 0.25) is 0 Å². The third-order valence-electron chi connectivity index (χ3n) is 2.49. The number of carbonyl (C=O) groups is 2. The van der Waals surface area contributed by atoms with Crippen LogP contribution in [-0.4, -0.2) is 38.6 Å². The average Bonchev–Trinajstić information content (AvgIpc) is 2.37. The molecule has 116 valence electrons. The van der Waals surface area contributed by atoms with Gasteiger partial charge in [-0.1, -0.05) is 0 Å². The van der Waals surface area contributed by atoms with Crippen molar-refractivity contribution in [3.8, 4) is 0 Å². The maximum Gasteiger partial charge on any atom is 0.338 e. The molecule has 0 radical (unpaired) electrons. The minimum Gasteiger partial charge on any atom is -0.478 e. The highest BCUT2D eigenvalue weighted by atomic mass is 32.2. The van der Waals surface area contributed by atoms with Crippen LogP contribution < -0.4 is 15.8 Å². The highest BCUT2D eigenvalue weighted by Gasteiger charge is 2.20. The molecule has 0 aliphatic carbocycles. The molecule has 0 fully saturated rings. The Hall–Kier alpha value is -2.20. The summed E-state index contributed by atoms with van der Waals surface area (Å²) in [7, 11) is -4.03. The van der Waals surface area contributed by atoms with E-state index in [1.165, 1.54) is 6.92 Å². The number of halogens is 1. The molecule has 0 aromatic heterocycles. The maximum absolute atomic E-state index is 13.6. The first kappa shape index (κ1) is 16.9. The monoisotopic (exact) mass is 319 g/mol. The molecule has 1 aromatic carbocycles. The lowest BCUT2D eigenvalue weighted by Gasteiger charge is -2.09. The minimum absolute atomic E-state index is 0.0411. The van der Waals surface area contributed by atoms with E-state index in [-0.39, 0.29) is 23.5 Å². The molecule has 10 heteroatoms. The number of hydrogen-bond acceptors (Lipinski definition) is 4. The highest BCUT2D eigenvalue weighted by Crippen LogP contribution is 2.19. The molecule has 0 aliphatic heterocycles. The SMILES string of the molecule is Cc1cc(S(=O)(=O)NCCNC(N)=O)cc(C(=O)O)c1F. The van der Waals surface area contributed by atoms with Gasteiger partial charge in [0.25, 0.3) is 0 Å². The number of aryl methyl sites for hydroxylation is 1. The van der Waals surface area contributed by atoms with Crippen molar-refractivity contribution < 1.29 is 27.5 Å². The van der Waals surface area contributed by atoms with Crippen molar-refractivity contribution in [2.45, 2.75) is 11.8 Å². The number of carboxylic acid groups (broad SMARTS) is 1. The molecule has 0 saturated heterocycles. The van der Waals surface area contributed by atoms with Gasteiger partial charge in [-0.2, -0.15) is 0 Å². The van der Waals surface area contributed by atoms with Gasteiger partial charge in [0.05, 0.1) is 10.5 Å². The van der Waals surface area contributed by atoms with Crippen LogP contribution in [0.15, 0.2) is 17.0 Å². The number of carbonyl (C=O) groups excluding carboxylic acids is 1. The lowest BCUT2D eigenvalue weighted by atomic mass is 10.1. The Bertz CT molecular complexity index is 675. The van der Waals surface area contributed by atoms with Crippen LogP contribution in [0.25, 0.3) is 0 Å². The summed E-state index contributed by atoms with van der Waals surface area (Å²) in [5, 5.41) is 11.0. The molecule has 0 atom stereocenters. The van der Waals surface area contributed by atoms with E-state index in [0.717, 1.165) is 12.1 Å². The third-order valence-corrected chi connectivity index (χ3v) is 3.93. The topological polar surface area (TPSA) is 139 Å². The summed E-state index contributed by atoms with van der Waals surface area (Å²) in [6, 6.07) is 0.945. The molecular weight excluding hydrogens is 305 g/mol. The number of hydrogen-bond donors (Lipinski definition) is 4. The Morgan fingerprint density at radius 2 is 1.95 bits per heavy atom. The zero-order valence-corrected chi connectivity index (χ0v) is 11.8. The smallest absolute Gasteiger partial charge is 0.338 e. The predicted molar refractivity (Wildman–Crippen MR) is 70.9 cm³/mol. The van der Waals surface area contributed by atoms with Gasteiger partial charge in [0, 0.05) is 13.1 Å². The van der Waals surface area contributed by atoms with E-state index < -0.39 is 33.4 Å². The number of amides is 2. The molecule has 1 rings (SSSR count). The molecular formula is C11H14FN3O5S. The molecule has 0 bridgehead atoms. The van der Waals surface area contributed by atoms with E-state index in [2.05, 4.69) is 10.0 Å². The Morgan fingerprint density at radius 1 is 1.33 bits per heavy atom. The van der Waals surface area contributed by atoms with E-state index >= 15 is 0 Å². The molecule has 8 nitrogen and oxygen atoms in total. The van der Waals surface area contributed by atoms with Crippen LogP contribution in [0.5, 0.6) is 0 Å². The fraction of sp³-hybridized carbons (Fsp3) is 0.273. The largest absolute Gasteiger partial charge is 0.478 e. The fourth-order valence-electron chi connectivity index (χ4n) is 1.50. The molecule has 2 amide bonds. The number of nitrogens with one attached hydrogen (secondary N) is 2. The van der Waals surface area contributed by atoms with Crippen molar-refractivity contribution in [2.75, 3.05) is 13.1 Å². The van der Waals surface area contributed by atoms with Crippen LogP contribution in [0.3, 0.4) is 0 Å². The summed E-state index contributed by atoms with van der Waals surface area (Å²) in [5.74, 6) is -2.56. The van der Waals surface area contributed by atoms with Crippen molar-refractivity contribution in [1.82, 2.24) is 10.0 Å². The highest BCUT2D eigenvalue weighted by molar-refractivity contribution is 7.89. The fourth-order valence-corrected chi connectivity index (χ4v) is 2.64. The standard InChI is InChI=1S/C11H14FN3O5S/c1-6-4-7(5-8(9(6)12)10(16)17)21(19,20)15-3-2-14-11(13)18/h4-5,15H,2-3H2,1H3,(H,16,17)(H3,13,14,18). The minimum atomic E-state index is -4.03. The second kappa shape index (κ2) is 6.50. The number of sulfonamides is 1. The number of carboxylic acids is 1. The van der Waals surface area contributed by atoms with Crippen LogP contribution in [0.1, 0.15) is 15.9 Å². The molecule has 21 heavy (non-hydrogen) atoms. The molecule has 0 spiro atoms. The molecule has 0 heterocycles. The van der Waals surface area contributed by atoms with Crippen molar-refractivity contribution in [3.05, 3.63) is 29.1 Å². The lowest BCUT2D eigenvalue weighted by molar-refractivity contribution is 0.0691. The number of benzene rings is 1. The van der Waals surface area contributed by atoms with Crippen LogP contribution >= 0.6 is 0 Å². The van der Waals surface area contributed by atoms with Crippen molar-refractivity contribution in [1.29, 1.82) is 0 Å². The second-order valence-corrected chi connectivity index (χ2v) is 5.86. The molecule has 5 N–H and O–H groups in total. The average molecular weight is 319 g/mol. The molecule has 0 aliphatic rings. The summed E-state index contributed by atoms with van der Waals surface area (Å²) in [4.78, 5) is 20.9. The van der Waals surface area contributed by atoms with E-state index in [1.54, 1.807) is 0 Å². The van der Waals surface area contributed by atoms with Crippen LogP contribution in [0.4, 0.5) is 9.18 Å². The summed E-state index contributed by atoms with van der Waals surface area (Å²) in [5.41, 5.74) is 3.97. The Balaban J connectivity index is 2.98. The van der Waals surface area contributed by atoms with E-state index in [9.17, 15) is 22.4 Å². The molecule has 0 unspecified atom stereocenters. The van der Waals surface area contributed by atoms with E-state index in [1.807, 2.05) is 0 Å². The van der Waals surface area contributed by atoms with Crippen molar-refractivity contribution >= 4 is 22.0 Å².